The fraction of sp³-hybridized carbons (Fsp3) is 0.353. The first-order valence-corrected chi connectivity index (χ1v) is 8.28. The van der Waals surface area contributed by atoms with Crippen LogP contribution in [0, 0.1) is 0 Å². The summed E-state index contributed by atoms with van der Waals surface area (Å²) >= 11 is 0. The van der Waals surface area contributed by atoms with Gasteiger partial charge in [0.05, 0.1) is 12.1 Å². The maximum absolute atomic E-state index is 12.8. The SMILES string of the molecule is CCNC(=O)c1n[nH]c2c1CN(C(=O)c1ccccc1OC(F)(F)F)CC2. The summed E-state index contributed by atoms with van der Waals surface area (Å²) in [5, 5.41) is 9.42. The van der Waals surface area contributed by atoms with Gasteiger partial charge in [0.15, 0.2) is 5.69 Å². The average Bonchev–Trinajstić information content (AvgIpc) is 3.03. The fourth-order valence-electron chi connectivity index (χ4n) is 2.93. The molecule has 2 aromatic rings. The smallest absolute Gasteiger partial charge is 0.405 e. The molecule has 0 saturated heterocycles. The van der Waals surface area contributed by atoms with Gasteiger partial charge in [-0.25, -0.2) is 0 Å². The number of benzene rings is 1. The van der Waals surface area contributed by atoms with E-state index in [0.717, 1.165) is 11.8 Å². The molecule has 0 atom stereocenters. The summed E-state index contributed by atoms with van der Waals surface area (Å²) < 4.78 is 41.7. The first-order valence-electron chi connectivity index (χ1n) is 8.28. The number of halogens is 3. The van der Waals surface area contributed by atoms with Crippen LogP contribution in [0.4, 0.5) is 13.2 Å². The van der Waals surface area contributed by atoms with Gasteiger partial charge < -0.3 is 15.0 Å². The van der Waals surface area contributed by atoms with Gasteiger partial charge in [0.25, 0.3) is 11.8 Å². The van der Waals surface area contributed by atoms with Gasteiger partial charge >= 0.3 is 6.36 Å². The van der Waals surface area contributed by atoms with Crippen molar-refractivity contribution in [3.63, 3.8) is 0 Å². The lowest BCUT2D eigenvalue weighted by atomic mass is 10.0. The molecule has 1 aromatic heterocycles. The van der Waals surface area contributed by atoms with Crippen LogP contribution in [0.25, 0.3) is 0 Å². The Morgan fingerprint density at radius 2 is 2.07 bits per heavy atom. The summed E-state index contributed by atoms with van der Waals surface area (Å²) in [7, 11) is 0. The lowest BCUT2D eigenvalue weighted by Crippen LogP contribution is -2.37. The zero-order valence-corrected chi connectivity index (χ0v) is 14.4. The predicted molar refractivity (Wildman–Crippen MR) is 88.2 cm³/mol. The van der Waals surface area contributed by atoms with E-state index < -0.39 is 18.0 Å². The maximum Gasteiger partial charge on any atom is 0.573 e. The average molecular weight is 382 g/mol. The van der Waals surface area contributed by atoms with Crippen molar-refractivity contribution in [3.05, 3.63) is 46.8 Å². The van der Waals surface area contributed by atoms with Gasteiger partial charge in [0, 0.05) is 30.8 Å². The number of alkyl halides is 3. The number of carbonyl (C=O) groups is 2. The van der Waals surface area contributed by atoms with Crippen molar-refractivity contribution in [3.8, 4) is 5.75 Å². The zero-order chi connectivity index (χ0) is 19.6. The van der Waals surface area contributed by atoms with Gasteiger partial charge in [-0.3, -0.25) is 14.7 Å². The summed E-state index contributed by atoms with van der Waals surface area (Å²) in [6.07, 6.45) is -4.49. The van der Waals surface area contributed by atoms with Crippen LogP contribution in [0.2, 0.25) is 0 Å². The van der Waals surface area contributed by atoms with Gasteiger partial charge in [-0.05, 0) is 19.1 Å². The molecule has 2 amide bonds. The Morgan fingerprint density at radius 3 is 2.78 bits per heavy atom. The van der Waals surface area contributed by atoms with Crippen LogP contribution in [0.15, 0.2) is 24.3 Å². The number of amides is 2. The Kier molecular flexibility index (Phi) is 5.06. The lowest BCUT2D eigenvalue weighted by molar-refractivity contribution is -0.274. The fourth-order valence-corrected chi connectivity index (χ4v) is 2.93. The van der Waals surface area contributed by atoms with Crippen LogP contribution in [0.3, 0.4) is 0 Å². The Morgan fingerprint density at radius 1 is 1.33 bits per heavy atom. The van der Waals surface area contributed by atoms with E-state index in [1.54, 1.807) is 6.92 Å². The molecule has 0 bridgehead atoms. The summed E-state index contributed by atoms with van der Waals surface area (Å²) in [5.41, 5.74) is 1.29. The van der Waals surface area contributed by atoms with Gasteiger partial charge in [-0.1, -0.05) is 12.1 Å². The molecular formula is C17H17F3N4O3. The van der Waals surface area contributed by atoms with Crippen molar-refractivity contribution in [1.82, 2.24) is 20.4 Å². The number of aromatic amines is 1. The minimum atomic E-state index is -4.90. The maximum atomic E-state index is 12.8. The van der Waals surface area contributed by atoms with Crippen LogP contribution < -0.4 is 10.1 Å². The van der Waals surface area contributed by atoms with E-state index in [4.69, 9.17) is 0 Å². The number of ether oxygens (including phenoxy) is 1. The molecule has 27 heavy (non-hydrogen) atoms. The number of fused-ring (bicyclic) bond motifs is 1. The second-order valence-corrected chi connectivity index (χ2v) is 5.91. The molecule has 0 saturated carbocycles. The highest BCUT2D eigenvalue weighted by Gasteiger charge is 2.34. The number of H-pyrrole nitrogens is 1. The van der Waals surface area contributed by atoms with Crippen molar-refractivity contribution >= 4 is 11.8 Å². The topological polar surface area (TPSA) is 87.3 Å². The van der Waals surface area contributed by atoms with Crippen molar-refractivity contribution in [2.45, 2.75) is 26.3 Å². The van der Waals surface area contributed by atoms with E-state index in [9.17, 15) is 22.8 Å². The van der Waals surface area contributed by atoms with Crippen molar-refractivity contribution in [1.29, 1.82) is 0 Å². The summed E-state index contributed by atoms with van der Waals surface area (Å²) in [5.74, 6) is -1.54. The monoisotopic (exact) mass is 382 g/mol. The molecule has 3 rings (SSSR count). The van der Waals surface area contributed by atoms with Crippen LogP contribution in [0.5, 0.6) is 5.75 Å². The number of hydrogen-bond donors (Lipinski definition) is 2. The number of nitrogens with one attached hydrogen (secondary N) is 2. The molecule has 144 valence electrons. The molecule has 0 fully saturated rings. The van der Waals surface area contributed by atoms with E-state index in [0.29, 0.717) is 18.5 Å². The number of nitrogens with zero attached hydrogens (tertiary/aromatic N) is 2. The number of hydrogen-bond acceptors (Lipinski definition) is 4. The largest absolute Gasteiger partial charge is 0.573 e. The van der Waals surface area contributed by atoms with Crippen molar-refractivity contribution in [2.24, 2.45) is 0 Å². The third-order valence-corrected chi connectivity index (χ3v) is 4.12. The number of rotatable bonds is 4. The van der Waals surface area contributed by atoms with Crippen LogP contribution in [-0.4, -0.2) is 46.4 Å². The third-order valence-electron chi connectivity index (χ3n) is 4.12. The van der Waals surface area contributed by atoms with E-state index in [1.807, 2.05) is 0 Å². The highest BCUT2D eigenvalue weighted by Crippen LogP contribution is 2.29. The first-order chi connectivity index (χ1) is 12.8. The molecular weight excluding hydrogens is 365 g/mol. The third kappa shape index (κ3) is 4.04. The molecule has 10 heteroatoms. The molecule has 0 aliphatic carbocycles. The van der Waals surface area contributed by atoms with Crippen molar-refractivity contribution in [2.75, 3.05) is 13.1 Å². The van der Waals surface area contributed by atoms with Crippen LogP contribution in [-0.2, 0) is 13.0 Å². The van der Waals surface area contributed by atoms with E-state index in [1.165, 1.54) is 23.1 Å². The van der Waals surface area contributed by atoms with Crippen LogP contribution in [0.1, 0.15) is 39.0 Å². The Balaban J connectivity index is 1.85. The second kappa shape index (κ2) is 7.29. The number of para-hydroxylation sites is 1. The van der Waals surface area contributed by atoms with E-state index >= 15 is 0 Å². The normalized spacial score (nSPS) is 13.9. The molecule has 0 spiro atoms. The summed E-state index contributed by atoms with van der Waals surface area (Å²) in [6.45, 7) is 2.54. The lowest BCUT2D eigenvalue weighted by Gasteiger charge is -2.27. The first kappa shape index (κ1) is 18.7. The standard InChI is InChI=1S/C17H17F3N4O3/c1-2-21-15(25)14-11-9-24(8-7-12(11)22-23-14)16(26)10-5-3-4-6-13(10)27-17(18,19)20/h3-6H,2,7-9H2,1H3,(H,21,25)(H,22,23). The van der Waals surface area contributed by atoms with Crippen LogP contribution >= 0.6 is 0 Å². The minimum Gasteiger partial charge on any atom is -0.405 e. The predicted octanol–water partition coefficient (Wildman–Crippen LogP) is 2.26. The molecule has 1 aliphatic heterocycles. The molecule has 7 nitrogen and oxygen atoms in total. The number of aromatic nitrogens is 2. The van der Waals surface area contributed by atoms with E-state index in [2.05, 4.69) is 20.3 Å². The molecule has 2 heterocycles. The Bertz CT molecular complexity index is 863. The highest BCUT2D eigenvalue weighted by atomic mass is 19.4. The molecule has 0 unspecified atom stereocenters. The van der Waals surface area contributed by atoms with Gasteiger partial charge in [-0.15, -0.1) is 13.2 Å². The van der Waals surface area contributed by atoms with Gasteiger partial charge in [0.2, 0.25) is 0 Å². The zero-order valence-electron chi connectivity index (χ0n) is 14.4. The minimum absolute atomic E-state index is 0.0670. The van der Waals surface area contributed by atoms with Gasteiger partial charge in [-0.2, -0.15) is 5.10 Å². The highest BCUT2D eigenvalue weighted by molar-refractivity contribution is 5.98. The number of carbonyl (C=O) groups excluding carboxylic acids is 2. The Hall–Kier alpha value is -3.04. The quantitative estimate of drug-likeness (QED) is 0.849. The molecule has 2 N–H and O–H groups in total. The van der Waals surface area contributed by atoms with Crippen molar-refractivity contribution < 1.29 is 27.5 Å². The molecule has 0 radical (unpaired) electrons. The second-order valence-electron chi connectivity index (χ2n) is 5.91. The van der Waals surface area contributed by atoms with E-state index in [-0.39, 0.29) is 30.3 Å². The van der Waals surface area contributed by atoms with Gasteiger partial charge in [0.1, 0.15) is 5.75 Å². The molecule has 1 aromatic carbocycles. The Labute approximate surface area is 152 Å². The summed E-state index contributed by atoms with van der Waals surface area (Å²) in [4.78, 5) is 26.3. The summed E-state index contributed by atoms with van der Waals surface area (Å²) in [6, 6.07) is 5.19. The molecule has 1 aliphatic rings.